The van der Waals surface area contributed by atoms with Gasteiger partial charge in [0.05, 0.1) is 12.6 Å². The molecular formula is C6H9N3OS. The lowest BCUT2D eigenvalue weighted by Gasteiger charge is -2.00. The van der Waals surface area contributed by atoms with Crippen molar-refractivity contribution in [3.8, 4) is 0 Å². The highest BCUT2D eigenvalue weighted by Crippen LogP contribution is 2.23. The molecule has 1 unspecified atom stereocenters. The van der Waals surface area contributed by atoms with Gasteiger partial charge in [-0.3, -0.25) is 0 Å². The number of nitrogens with zero attached hydrogens (tertiary/aromatic N) is 2. The molecule has 0 bridgehead atoms. The number of rotatable bonds is 1. The average molecular weight is 171 g/mol. The van der Waals surface area contributed by atoms with Crippen LogP contribution in [0.5, 0.6) is 0 Å². The predicted octanol–water partition coefficient (Wildman–Crippen LogP) is 0.813. The van der Waals surface area contributed by atoms with Gasteiger partial charge in [-0.25, -0.2) is 0 Å². The largest absolute Gasteiger partial charge is 0.301 e. The van der Waals surface area contributed by atoms with Gasteiger partial charge >= 0.3 is 0 Å². The molecule has 0 amide bonds. The van der Waals surface area contributed by atoms with Gasteiger partial charge in [-0.05, 0) is 13.3 Å². The van der Waals surface area contributed by atoms with Crippen LogP contribution in [0, 0.1) is 6.92 Å². The summed E-state index contributed by atoms with van der Waals surface area (Å²) in [4.78, 5) is 5.01. The van der Waals surface area contributed by atoms with Gasteiger partial charge in [0.2, 0.25) is 0 Å². The van der Waals surface area contributed by atoms with Crippen LogP contribution in [0.2, 0.25) is 0 Å². The topological polar surface area (TPSA) is 47.0 Å². The summed E-state index contributed by atoms with van der Waals surface area (Å²) in [7, 11) is 0. The first kappa shape index (κ1) is 7.15. The third kappa shape index (κ3) is 1.40. The summed E-state index contributed by atoms with van der Waals surface area (Å²) in [5.41, 5.74) is 2.89. The van der Waals surface area contributed by atoms with E-state index in [4.69, 9.17) is 4.84 Å². The van der Waals surface area contributed by atoms with E-state index in [9.17, 15) is 0 Å². The van der Waals surface area contributed by atoms with Gasteiger partial charge in [-0.1, -0.05) is 0 Å². The van der Waals surface area contributed by atoms with Crippen molar-refractivity contribution in [2.24, 2.45) is 0 Å². The van der Waals surface area contributed by atoms with Gasteiger partial charge in [-0.2, -0.15) is 5.48 Å². The molecule has 5 heteroatoms. The van der Waals surface area contributed by atoms with Crippen LogP contribution in [0.25, 0.3) is 0 Å². The molecule has 1 N–H and O–H groups in total. The number of aromatic nitrogens is 2. The Kier molecular flexibility index (Phi) is 1.85. The van der Waals surface area contributed by atoms with E-state index in [2.05, 4.69) is 15.7 Å². The fourth-order valence-electron chi connectivity index (χ4n) is 1.02. The molecule has 2 heterocycles. The molecule has 1 atom stereocenters. The van der Waals surface area contributed by atoms with E-state index in [-0.39, 0.29) is 6.04 Å². The highest BCUT2D eigenvalue weighted by atomic mass is 32.1. The number of hydrogen-bond donors (Lipinski definition) is 1. The number of aryl methyl sites for hydroxylation is 1. The fourth-order valence-corrected chi connectivity index (χ4v) is 1.80. The van der Waals surface area contributed by atoms with Crippen molar-refractivity contribution >= 4 is 11.3 Å². The van der Waals surface area contributed by atoms with Crippen molar-refractivity contribution < 1.29 is 4.84 Å². The molecule has 1 saturated heterocycles. The lowest BCUT2D eigenvalue weighted by molar-refractivity contribution is 0.0881. The average Bonchev–Trinajstić information content (AvgIpc) is 2.55. The first-order valence-electron chi connectivity index (χ1n) is 3.53. The Bertz CT molecular complexity index is 244. The molecule has 1 aliphatic rings. The maximum Gasteiger partial charge on any atom is 0.136 e. The van der Waals surface area contributed by atoms with Gasteiger partial charge in [-0.15, -0.1) is 21.5 Å². The Morgan fingerprint density at radius 2 is 2.55 bits per heavy atom. The third-order valence-electron chi connectivity index (χ3n) is 1.57. The van der Waals surface area contributed by atoms with Gasteiger partial charge in [0.15, 0.2) is 0 Å². The minimum absolute atomic E-state index is 0.265. The van der Waals surface area contributed by atoms with E-state index in [1.165, 1.54) is 0 Å². The zero-order chi connectivity index (χ0) is 7.68. The van der Waals surface area contributed by atoms with E-state index in [1.807, 2.05) is 6.92 Å². The molecule has 1 aliphatic heterocycles. The molecule has 1 aromatic rings. The van der Waals surface area contributed by atoms with E-state index >= 15 is 0 Å². The second-order valence-corrected chi connectivity index (χ2v) is 3.68. The standard InChI is InChI=1S/C6H9N3OS/c1-4-7-8-6(11-4)5-2-3-10-9-5/h5,9H,2-3H2,1H3. The number of nitrogens with one attached hydrogen (secondary N) is 1. The van der Waals surface area contributed by atoms with Crippen molar-refractivity contribution in [3.05, 3.63) is 10.0 Å². The van der Waals surface area contributed by atoms with Crippen molar-refractivity contribution in [1.82, 2.24) is 15.7 Å². The van der Waals surface area contributed by atoms with E-state index < -0.39 is 0 Å². The second-order valence-electron chi connectivity index (χ2n) is 2.47. The Hall–Kier alpha value is -0.520. The van der Waals surface area contributed by atoms with Gasteiger partial charge < -0.3 is 4.84 Å². The van der Waals surface area contributed by atoms with Crippen molar-refractivity contribution in [3.63, 3.8) is 0 Å². The minimum atomic E-state index is 0.265. The molecule has 1 fully saturated rings. The summed E-state index contributed by atoms with van der Waals surface area (Å²) in [6.07, 6.45) is 0.995. The monoisotopic (exact) mass is 171 g/mol. The first-order chi connectivity index (χ1) is 5.36. The molecular weight excluding hydrogens is 162 g/mol. The molecule has 0 spiro atoms. The fraction of sp³-hybridized carbons (Fsp3) is 0.667. The van der Waals surface area contributed by atoms with Crippen LogP contribution >= 0.6 is 11.3 Å². The molecule has 0 radical (unpaired) electrons. The summed E-state index contributed by atoms with van der Waals surface area (Å²) in [6.45, 7) is 2.72. The quantitative estimate of drug-likeness (QED) is 0.679. The van der Waals surface area contributed by atoms with Crippen LogP contribution < -0.4 is 5.48 Å². The second kappa shape index (κ2) is 2.84. The molecule has 0 aliphatic carbocycles. The Labute approximate surface area is 68.6 Å². The highest BCUT2D eigenvalue weighted by molar-refractivity contribution is 7.11. The summed E-state index contributed by atoms with van der Waals surface area (Å²) in [5.74, 6) is 0. The van der Waals surface area contributed by atoms with Crippen molar-refractivity contribution in [2.75, 3.05) is 6.61 Å². The summed E-state index contributed by atoms with van der Waals surface area (Å²) < 4.78 is 0. The molecule has 0 aromatic carbocycles. The lowest BCUT2D eigenvalue weighted by Crippen LogP contribution is -2.10. The van der Waals surface area contributed by atoms with E-state index in [1.54, 1.807) is 11.3 Å². The lowest BCUT2D eigenvalue weighted by atomic mass is 10.3. The summed E-state index contributed by atoms with van der Waals surface area (Å²) >= 11 is 1.62. The molecule has 0 saturated carbocycles. The molecule has 4 nitrogen and oxygen atoms in total. The van der Waals surface area contributed by atoms with E-state index in [0.717, 1.165) is 23.0 Å². The van der Waals surface area contributed by atoms with Crippen molar-refractivity contribution in [2.45, 2.75) is 19.4 Å². The third-order valence-corrected chi connectivity index (χ3v) is 2.53. The normalized spacial score (nSPS) is 24.3. The Morgan fingerprint density at radius 3 is 3.09 bits per heavy atom. The minimum Gasteiger partial charge on any atom is -0.301 e. The van der Waals surface area contributed by atoms with Gasteiger partial charge in [0, 0.05) is 0 Å². The van der Waals surface area contributed by atoms with Crippen LogP contribution in [0.3, 0.4) is 0 Å². The van der Waals surface area contributed by atoms with Crippen molar-refractivity contribution in [1.29, 1.82) is 0 Å². The Morgan fingerprint density at radius 1 is 1.64 bits per heavy atom. The Balaban J connectivity index is 2.15. The van der Waals surface area contributed by atoms with Gasteiger partial charge in [0.25, 0.3) is 0 Å². The molecule has 2 rings (SSSR count). The zero-order valence-corrected chi connectivity index (χ0v) is 7.02. The van der Waals surface area contributed by atoms with Crippen LogP contribution in [0.1, 0.15) is 22.5 Å². The molecule has 60 valence electrons. The summed E-state index contributed by atoms with van der Waals surface area (Å²) in [6, 6.07) is 0.265. The predicted molar refractivity (Wildman–Crippen MR) is 41.1 cm³/mol. The SMILES string of the molecule is Cc1nnc(C2CCON2)s1. The highest BCUT2D eigenvalue weighted by Gasteiger charge is 2.20. The van der Waals surface area contributed by atoms with Crippen LogP contribution in [-0.4, -0.2) is 16.8 Å². The molecule has 11 heavy (non-hydrogen) atoms. The van der Waals surface area contributed by atoms with Crippen LogP contribution in [0.15, 0.2) is 0 Å². The zero-order valence-electron chi connectivity index (χ0n) is 6.20. The van der Waals surface area contributed by atoms with Gasteiger partial charge in [0.1, 0.15) is 10.0 Å². The smallest absolute Gasteiger partial charge is 0.136 e. The van der Waals surface area contributed by atoms with Crippen LogP contribution in [-0.2, 0) is 4.84 Å². The van der Waals surface area contributed by atoms with E-state index in [0.29, 0.717) is 0 Å². The maximum atomic E-state index is 5.01. The van der Waals surface area contributed by atoms with Crippen LogP contribution in [0.4, 0.5) is 0 Å². The first-order valence-corrected chi connectivity index (χ1v) is 4.35. The summed E-state index contributed by atoms with van der Waals surface area (Å²) in [5, 5.41) is 9.99. The maximum absolute atomic E-state index is 5.01. The molecule has 1 aromatic heterocycles. The number of hydrogen-bond acceptors (Lipinski definition) is 5. The number of hydroxylamine groups is 1.